The second kappa shape index (κ2) is 6.62. The highest BCUT2D eigenvalue weighted by molar-refractivity contribution is 6.09. The lowest BCUT2D eigenvalue weighted by Crippen LogP contribution is -2.43. The van der Waals surface area contributed by atoms with Crippen LogP contribution in [0.25, 0.3) is 0 Å². The minimum atomic E-state index is -1.25. The Morgan fingerprint density at radius 1 is 1.32 bits per heavy atom. The first-order valence-electron chi connectivity index (χ1n) is 8.26. The molecule has 1 atom stereocenters. The topological polar surface area (TPSA) is 97.0 Å². The number of nitrogens with one attached hydrogen (secondary N) is 2. The summed E-state index contributed by atoms with van der Waals surface area (Å²) in [7, 11) is 0. The van der Waals surface area contributed by atoms with Gasteiger partial charge in [-0.05, 0) is 31.0 Å². The Bertz CT molecular complexity index is 720. The molecule has 2 aliphatic heterocycles. The van der Waals surface area contributed by atoms with Crippen molar-refractivity contribution in [1.29, 1.82) is 0 Å². The van der Waals surface area contributed by atoms with E-state index < -0.39 is 17.5 Å². The molecule has 1 aromatic rings. The molecular formula is C17H21N3O5. The predicted molar refractivity (Wildman–Crippen MR) is 88.1 cm³/mol. The number of fused-ring (bicyclic) bond motifs is 1. The van der Waals surface area contributed by atoms with Gasteiger partial charge in [-0.15, -0.1) is 0 Å². The maximum atomic E-state index is 12.8. The molecule has 0 aliphatic carbocycles. The van der Waals surface area contributed by atoms with Crippen LogP contribution in [0.3, 0.4) is 0 Å². The van der Waals surface area contributed by atoms with E-state index in [1.165, 1.54) is 0 Å². The molecule has 0 radical (unpaired) electrons. The average molecular weight is 347 g/mol. The summed E-state index contributed by atoms with van der Waals surface area (Å²) in [5, 5.41) is 5.37. The second-order valence-corrected chi connectivity index (χ2v) is 6.22. The van der Waals surface area contributed by atoms with Crippen LogP contribution in [-0.2, 0) is 15.1 Å². The first-order chi connectivity index (χ1) is 12.0. The minimum absolute atomic E-state index is 0.125. The van der Waals surface area contributed by atoms with Crippen molar-refractivity contribution >= 4 is 17.8 Å². The molecule has 2 heterocycles. The highest BCUT2D eigenvalue weighted by Crippen LogP contribution is 2.37. The number of ether oxygens (including phenoxy) is 2. The van der Waals surface area contributed by atoms with E-state index in [1.807, 2.05) is 6.92 Å². The maximum absolute atomic E-state index is 12.8. The summed E-state index contributed by atoms with van der Waals surface area (Å²) in [5.74, 6) is 0.293. The van der Waals surface area contributed by atoms with Gasteiger partial charge in [-0.1, -0.05) is 19.4 Å². The quantitative estimate of drug-likeness (QED) is 0.593. The van der Waals surface area contributed by atoms with E-state index in [4.69, 9.17) is 9.47 Å². The summed E-state index contributed by atoms with van der Waals surface area (Å²) in [6.07, 6.45) is 1.80. The highest BCUT2D eigenvalue weighted by atomic mass is 16.7. The zero-order valence-corrected chi connectivity index (χ0v) is 14.3. The summed E-state index contributed by atoms with van der Waals surface area (Å²) in [6, 6.07) is 4.49. The van der Waals surface area contributed by atoms with Gasteiger partial charge in [0.15, 0.2) is 11.5 Å². The number of hydrogen-bond acceptors (Lipinski definition) is 5. The number of urea groups is 1. The van der Waals surface area contributed by atoms with Crippen LogP contribution in [0.15, 0.2) is 18.2 Å². The third kappa shape index (κ3) is 3.11. The van der Waals surface area contributed by atoms with E-state index in [9.17, 15) is 14.4 Å². The molecule has 1 fully saturated rings. The van der Waals surface area contributed by atoms with Crippen LogP contribution in [0.4, 0.5) is 4.79 Å². The summed E-state index contributed by atoms with van der Waals surface area (Å²) in [6.45, 7) is 3.98. The molecule has 0 spiro atoms. The van der Waals surface area contributed by atoms with Gasteiger partial charge in [0.1, 0.15) is 12.1 Å². The number of carbonyl (C=O) groups is 3. The van der Waals surface area contributed by atoms with E-state index >= 15 is 0 Å². The van der Waals surface area contributed by atoms with Crippen LogP contribution in [0.5, 0.6) is 11.5 Å². The molecule has 0 aromatic heterocycles. The zero-order chi connectivity index (χ0) is 18.0. The number of nitrogens with zero attached hydrogens (tertiary/aromatic N) is 1. The van der Waals surface area contributed by atoms with Gasteiger partial charge in [0.25, 0.3) is 5.91 Å². The van der Waals surface area contributed by atoms with Gasteiger partial charge in [-0.3, -0.25) is 14.5 Å². The van der Waals surface area contributed by atoms with Crippen molar-refractivity contribution in [1.82, 2.24) is 15.5 Å². The number of amides is 4. The fourth-order valence-electron chi connectivity index (χ4n) is 2.85. The molecule has 4 amide bonds. The van der Waals surface area contributed by atoms with Gasteiger partial charge in [0.05, 0.1) is 0 Å². The molecule has 134 valence electrons. The first-order valence-corrected chi connectivity index (χ1v) is 8.26. The molecule has 2 aliphatic rings. The Labute approximate surface area is 145 Å². The summed E-state index contributed by atoms with van der Waals surface area (Å²) in [5.41, 5.74) is -0.675. The summed E-state index contributed by atoms with van der Waals surface area (Å²) < 4.78 is 10.6. The number of rotatable bonds is 6. The number of carbonyl (C=O) groups excluding carboxylic acids is 3. The van der Waals surface area contributed by atoms with Crippen molar-refractivity contribution < 1.29 is 23.9 Å². The van der Waals surface area contributed by atoms with E-state index in [2.05, 4.69) is 10.6 Å². The van der Waals surface area contributed by atoms with E-state index in [1.54, 1.807) is 25.1 Å². The Morgan fingerprint density at radius 3 is 2.84 bits per heavy atom. The first kappa shape index (κ1) is 17.1. The Balaban J connectivity index is 1.74. The van der Waals surface area contributed by atoms with Crippen molar-refractivity contribution in [3.8, 4) is 11.5 Å². The Hall–Kier alpha value is -2.77. The summed E-state index contributed by atoms with van der Waals surface area (Å²) >= 11 is 0. The molecule has 8 nitrogen and oxygen atoms in total. The fourth-order valence-corrected chi connectivity index (χ4v) is 2.85. The van der Waals surface area contributed by atoms with Crippen molar-refractivity contribution in [2.75, 3.05) is 19.9 Å². The molecule has 3 rings (SSSR count). The molecule has 0 bridgehead atoms. The van der Waals surface area contributed by atoms with Crippen LogP contribution in [0.2, 0.25) is 0 Å². The minimum Gasteiger partial charge on any atom is -0.454 e. The van der Waals surface area contributed by atoms with Crippen LogP contribution >= 0.6 is 0 Å². The van der Waals surface area contributed by atoms with Crippen LogP contribution in [0, 0.1) is 0 Å². The second-order valence-electron chi connectivity index (χ2n) is 6.22. The van der Waals surface area contributed by atoms with Gasteiger partial charge < -0.3 is 20.1 Å². The average Bonchev–Trinajstić information content (AvgIpc) is 3.13. The van der Waals surface area contributed by atoms with Gasteiger partial charge in [0, 0.05) is 6.54 Å². The van der Waals surface area contributed by atoms with Crippen molar-refractivity contribution in [2.45, 2.75) is 32.2 Å². The zero-order valence-electron chi connectivity index (χ0n) is 14.3. The van der Waals surface area contributed by atoms with Crippen LogP contribution in [0.1, 0.15) is 32.3 Å². The monoisotopic (exact) mass is 347 g/mol. The largest absolute Gasteiger partial charge is 0.454 e. The number of benzene rings is 1. The van der Waals surface area contributed by atoms with E-state index in [0.717, 1.165) is 17.7 Å². The third-order valence-electron chi connectivity index (χ3n) is 4.38. The lowest BCUT2D eigenvalue weighted by Gasteiger charge is -2.22. The predicted octanol–water partition coefficient (Wildman–Crippen LogP) is 1.10. The lowest BCUT2D eigenvalue weighted by atomic mass is 9.91. The normalized spacial score (nSPS) is 21.4. The SMILES string of the molecule is CCCCNC(=O)CN1C(=O)N[C@@](C)(c2ccc3c(c2)OCO3)C1=O. The molecule has 0 saturated carbocycles. The maximum Gasteiger partial charge on any atom is 0.325 e. The Kier molecular flexibility index (Phi) is 4.52. The highest BCUT2D eigenvalue weighted by Gasteiger charge is 2.49. The summed E-state index contributed by atoms with van der Waals surface area (Å²) in [4.78, 5) is 37.9. The van der Waals surface area contributed by atoms with Crippen LogP contribution in [-0.4, -0.2) is 42.6 Å². The number of unbranched alkanes of at least 4 members (excludes halogenated alkanes) is 1. The van der Waals surface area contributed by atoms with E-state index in [0.29, 0.717) is 23.6 Å². The Morgan fingerprint density at radius 2 is 2.08 bits per heavy atom. The lowest BCUT2D eigenvalue weighted by molar-refractivity contribution is -0.134. The molecule has 1 saturated heterocycles. The molecule has 8 heteroatoms. The number of hydrogen-bond donors (Lipinski definition) is 2. The third-order valence-corrected chi connectivity index (χ3v) is 4.38. The van der Waals surface area contributed by atoms with Gasteiger partial charge in [0.2, 0.25) is 12.7 Å². The standard InChI is InChI=1S/C17H21N3O5/c1-3-4-7-18-14(21)9-20-15(22)17(2,19-16(20)23)11-5-6-12-13(8-11)25-10-24-12/h5-6,8H,3-4,7,9-10H2,1-2H3,(H,18,21)(H,19,23)/t17-/m0/s1. The molecular weight excluding hydrogens is 326 g/mol. The molecule has 2 N–H and O–H groups in total. The fraction of sp³-hybridized carbons (Fsp3) is 0.471. The van der Waals surface area contributed by atoms with Gasteiger partial charge in [-0.25, -0.2) is 4.79 Å². The molecule has 0 unspecified atom stereocenters. The molecule has 1 aromatic carbocycles. The number of imide groups is 1. The van der Waals surface area contributed by atoms with Crippen molar-refractivity contribution in [2.24, 2.45) is 0 Å². The van der Waals surface area contributed by atoms with E-state index in [-0.39, 0.29) is 19.2 Å². The molecule has 25 heavy (non-hydrogen) atoms. The van der Waals surface area contributed by atoms with Gasteiger partial charge in [-0.2, -0.15) is 0 Å². The van der Waals surface area contributed by atoms with Crippen molar-refractivity contribution in [3.05, 3.63) is 23.8 Å². The smallest absolute Gasteiger partial charge is 0.325 e. The van der Waals surface area contributed by atoms with Gasteiger partial charge >= 0.3 is 6.03 Å². The van der Waals surface area contributed by atoms with Crippen molar-refractivity contribution in [3.63, 3.8) is 0 Å². The van der Waals surface area contributed by atoms with Crippen LogP contribution < -0.4 is 20.1 Å².